The molecule has 1 aliphatic carbocycles. The molecule has 0 bridgehead atoms. The van der Waals surface area contributed by atoms with Crippen LogP contribution in [0, 0.1) is 5.92 Å². The average Bonchev–Trinajstić information content (AvgIpc) is 3.41. The smallest absolute Gasteiger partial charge is 0.349 e. The maximum atomic E-state index is 13.0. The zero-order valence-corrected chi connectivity index (χ0v) is 17.9. The molecule has 1 saturated heterocycles. The average molecular weight is 439 g/mol. The minimum Gasteiger partial charge on any atom is -0.493 e. The molecule has 3 heterocycles. The number of piperazine rings is 1. The fraction of sp³-hybridized carbons (Fsp3) is 0.348. The maximum absolute atomic E-state index is 13.0. The van der Waals surface area contributed by atoms with E-state index >= 15 is 0 Å². The van der Waals surface area contributed by atoms with Gasteiger partial charge >= 0.3 is 5.63 Å². The summed E-state index contributed by atoms with van der Waals surface area (Å²) in [5.74, 6) is 0.646. The molecule has 1 saturated carbocycles. The first-order valence-corrected chi connectivity index (χ1v) is 11.2. The first kappa shape index (κ1) is 19.8. The fourth-order valence-corrected chi connectivity index (χ4v) is 5.15. The molecule has 3 aromatic rings. The number of ether oxygens (including phenoxy) is 1. The van der Waals surface area contributed by atoms with Crippen LogP contribution < -0.4 is 10.4 Å². The Labute approximate surface area is 182 Å². The highest BCUT2D eigenvalue weighted by Crippen LogP contribution is 2.50. The summed E-state index contributed by atoms with van der Waals surface area (Å²) in [6, 6.07) is 10.9. The Hall–Kier alpha value is -3.13. The number of hydrogen-bond donors (Lipinski definition) is 0. The number of para-hydroxylation sites is 1. The molecule has 2 atom stereocenters. The summed E-state index contributed by atoms with van der Waals surface area (Å²) < 4.78 is 10.6. The molecule has 160 valence electrons. The number of carbonyl (C=O) groups is 2. The lowest BCUT2D eigenvalue weighted by molar-refractivity contribution is -0.134. The lowest BCUT2D eigenvalue weighted by Crippen LogP contribution is -2.51. The van der Waals surface area contributed by atoms with Crippen LogP contribution in [0.1, 0.15) is 27.6 Å². The second kappa shape index (κ2) is 7.85. The third-order valence-electron chi connectivity index (χ3n) is 6.07. The number of benzene rings is 1. The van der Waals surface area contributed by atoms with Crippen molar-refractivity contribution in [3.05, 3.63) is 62.6 Å². The van der Waals surface area contributed by atoms with Crippen molar-refractivity contribution < 1.29 is 18.7 Å². The number of methoxy groups -OCH3 is 1. The number of rotatable bonds is 4. The highest BCUT2D eigenvalue weighted by Gasteiger charge is 2.46. The van der Waals surface area contributed by atoms with Crippen LogP contribution in [0.25, 0.3) is 11.0 Å². The van der Waals surface area contributed by atoms with Crippen LogP contribution in [0.15, 0.2) is 51.0 Å². The number of carbonyl (C=O) groups excluding carboxylic acids is 2. The van der Waals surface area contributed by atoms with Gasteiger partial charge in [0.05, 0.1) is 7.11 Å². The van der Waals surface area contributed by atoms with E-state index in [1.54, 1.807) is 40.5 Å². The number of hydrogen-bond acceptors (Lipinski definition) is 6. The SMILES string of the molecule is COc1cccc2cc(C(=O)N3CCN(C(=O)[C@H]4C[C@@H]4c4cccs4)CC3)c(=O)oc12. The monoisotopic (exact) mass is 438 g/mol. The molecule has 0 unspecified atom stereocenters. The van der Waals surface area contributed by atoms with Gasteiger partial charge in [0.1, 0.15) is 5.56 Å². The molecule has 31 heavy (non-hydrogen) atoms. The molecule has 7 nitrogen and oxygen atoms in total. The second-order valence-corrected chi connectivity index (χ2v) is 8.89. The predicted molar refractivity (Wildman–Crippen MR) is 117 cm³/mol. The van der Waals surface area contributed by atoms with E-state index in [9.17, 15) is 14.4 Å². The molecule has 2 aliphatic rings. The summed E-state index contributed by atoms with van der Waals surface area (Å²) in [7, 11) is 1.50. The standard InChI is InChI=1S/C23H22N2O5S/c1-29-18-5-2-4-14-12-17(23(28)30-20(14)18)22(27)25-9-7-24(8-10-25)21(26)16-13-15(16)19-6-3-11-31-19/h2-6,11-12,15-16H,7-10,13H2,1H3/t15-,16-/m0/s1. The van der Waals surface area contributed by atoms with Gasteiger partial charge in [-0.25, -0.2) is 4.79 Å². The summed E-state index contributed by atoms with van der Waals surface area (Å²) in [5, 5.41) is 2.67. The van der Waals surface area contributed by atoms with Gasteiger partial charge in [-0.2, -0.15) is 0 Å². The van der Waals surface area contributed by atoms with Crippen molar-refractivity contribution in [2.24, 2.45) is 5.92 Å². The summed E-state index contributed by atoms with van der Waals surface area (Å²) in [6.45, 7) is 1.75. The van der Waals surface area contributed by atoms with Crippen LogP contribution in [0.3, 0.4) is 0 Å². The van der Waals surface area contributed by atoms with Gasteiger partial charge in [-0.1, -0.05) is 18.2 Å². The topological polar surface area (TPSA) is 80.1 Å². The van der Waals surface area contributed by atoms with Crippen LogP contribution in [-0.4, -0.2) is 54.9 Å². The van der Waals surface area contributed by atoms with Crippen LogP contribution in [0.2, 0.25) is 0 Å². The van der Waals surface area contributed by atoms with Gasteiger partial charge in [-0.15, -0.1) is 11.3 Å². The summed E-state index contributed by atoms with van der Waals surface area (Å²) in [4.78, 5) is 43.0. The largest absolute Gasteiger partial charge is 0.493 e. The Kier molecular flexibility index (Phi) is 5.02. The van der Waals surface area contributed by atoms with Gasteiger partial charge in [0.2, 0.25) is 5.91 Å². The molecule has 5 rings (SSSR count). The van der Waals surface area contributed by atoms with Gasteiger partial charge in [-0.05, 0) is 30.0 Å². The van der Waals surface area contributed by atoms with E-state index in [4.69, 9.17) is 9.15 Å². The Bertz CT molecular complexity index is 1190. The highest BCUT2D eigenvalue weighted by molar-refractivity contribution is 7.10. The van der Waals surface area contributed by atoms with E-state index in [0.29, 0.717) is 48.8 Å². The molecule has 8 heteroatoms. The Morgan fingerprint density at radius 2 is 1.87 bits per heavy atom. The van der Waals surface area contributed by atoms with Gasteiger partial charge < -0.3 is 19.0 Å². The van der Waals surface area contributed by atoms with E-state index < -0.39 is 5.63 Å². The van der Waals surface area contributed by atoms with E-state index in [2.05, 4.69) is 6.07 Å². The van der Waals surface area contributed by atoms with Crippen molar-refractivity contribution in [1.29, 1.82) is 0 Å². The number of fused-ring (bicyclic) bond motifs is 1. The molecule has 1 aliphatic heterocycles. The van der Waals surface area contributed by atoms with Crippen molar-refractivity contribution in [3.63, 3.8) is 0 Å². The number of amides is 2. The van der Waals surface area contributed by atoms with Crippen molar-refractivity contribution in [2.45, 2.75) is 12.3 Å². The summed E-state index contributed by atoms with van der Waals surface area (Å²) in [6.07, 6.45) is 0.903. The third kappa shape index (κ3) is 3.61. The Morgan fingerprint density at radius 1 is 1.10 bits per heavy atom. The first-order chi connectivity index (χ1) is 15.1. The zero-order valence-electron chi connectivity index (χ0n) is 17.1. The summed E-state index contributed by atoms with van der Waals surface area (Å²) >= 11 is 1.70. The van der Waals surface area contributed by atoms with Crippen molar-refractivity contribution >= 4 is 34.1 Å². The minimum absolute atomic E-state index is 0.000446. The zero-order chi connectivity index (χ0) is 21.5. The molecule has 2 amide bonds. The predicted octanol–water partition coefficient (Wildman–Crippen LogP) is 2.95. The molecule has 2 aromatic heterocycles. The van der Waals surface area contributed by atoms with Crippen molar-refractivity contribution in [1.82, 2.24) is 9.80 Å². The van der Waals surface area contributed by atoms with Gasteiger partial charge in [0, 0.05) is 48.3 Å². The lowest BCUT2D eigenvalue weighted by Gasteiger charge is -2.34. The number of nitrogens with zero attached hydrogens (tertiary/aromatic N) is 2. The molecular formula is C23H22N2O5S. The molecule has 0 spiro atoms. The van der Waals surface area contributed by atoms with Gasteiger partial charge in [-0.3, -0.25) is 9.59 Å². The molecule has 0 radical (unpaired) electrons. The van der Waals surface area contributed by atoms with Crippen molar-refractivity contribution in [2.75, 3.05) is 33.3 Å². The number of thiophene rings is 1. The Morgan fingerprint density at radius 3 is 2.58 bits per heavy atom. The maximum Gasteiger partial charge on any atom is 0.349 e. The fourth-order valence-electron chi connectivity index (χ4n) is 4.25. The van der Waals surface area contributed by atoms with Crippen molar-refractivity contribution in [3.8, 4) is 5.75 Å². The van der Waals surface area contributed by atoms with Crippen LogP contribution in [0.5, 0.6) is 5.75 Å². The minimum atomic E-state index is -0.683. The van der Waals surface area contributed by atoms with E-state index in [1.807, 2.05) is 16.3 Å². The Balaban J connectivity index is 1.26. The van der Waals surface area contributed by atoms with Crippen LogP contribution in [0.4, 0.5) is 0 Å². The first-order valence-electron chi connectivity index (χ1n) is 10.3. The van der Waals surface area contributed by atoms with Gasteiger partial charge in [0.15, 0.2) is 11.3 Å². The lowest BCUT2D eigenvalue weighted by atomic mass is 10.1. The van der Waals surface area contributed by atoms with E-state index in [-0.39, 0.29) is 23.3 Å². The van der Waals surface area contributed by atoms with Crippen LogP contribution in [-0.2, 0) is 4.79 Å². The molecular weight excluding hydrogens is 416 g/mol. The summed E-state index contributed by atoms with van der Waals surface area (Å²) in [5.41, 5.74) is -0.357. The third-order valence-corrected chi connectivity index (χ3v) is 7.07. The molecule has 2 fully saturated rings. The molecule has 1 aromatic carbocycles. The quantitative estimate of drug-likeness (QED) is 0.585. The van der Waals surface area contributed by atoms with Crippen LogP contribution >= 0.6 is 11.3 Å². The molecule has 0 N–H and O–H groups in total. The van der Waals surface area contributed by atoms with E-state index in [1.165, 1.54) is 12.0 Å². The van der Waals surface area contributed by atoms with E-state index in [0.717, 1.165) is 6.42 Å². The highest BCUT2D eigenvalue weighted by atomic mass is 32.1. The normalized spacial score (nSPS) is 20.7. The second-order valence-electron chi connectivity index (χ2n) is 7.91. The van der Waals surface area contributed by atoms with Gasteiger partial charge in [0.25, 0.3) is 5.91 Å².